The normalized spacial score (nSPS) is 18.0. The van der Waals surface area contributed by atoms with Gasteiger partial charge in [0.05, 0.1) is 5.69 Å². The predicted octanol–water partition coefficient (Wildman–Crippen LogP) is 1.88. The molecular formula is C13H17N3. The largest absolute Gasteiger partial charge is 0.317 e. The molecule has 1 aliphatic rings. The smallest absolute Gasteiger partial charge is 0.136 e. The van der Waals surface area contributed by atoms with Crippen molar-refractivity contribution in [2.45, 2.75) is 19.3 Å². The molecular weight excluding hydrogens is 198 g/mol. The zero-order chi connectivity index (χ0) is 10.8. The van der Waals surface area contributed by atoms with Crippen molar-refractivity contribution in [1.82, 2.24) is 14.7 Å². The number of fused-ring (bicyclic) bond motifs is 1. The molecule has 1 saturated heterocycles. The maximum atomic E-state index is 4.65. The molecule has 3 heteroatoms. The number of rotatable bonds is 2. The lowest BCUT2D eigenvalue weighted by Crippen LogP contribution is -2.28. The van der Waals surface area contributed by atoms with E-state index < -0.39 is 0 Å². The van der Waals surface area contributed by atoms with Crippen LogP contribution in [0.4, 0.5) is 0 Å². The van der Waals surface area contributed by atoms with Gasteiger partial charge in [0.2, 0.25) is 0 Å². The Labute approximate surface area is 95.5 Å². The monoisotopic (exact) mass is 215 g/mol. The summed E-state index contributed by atoms with van der Waals surface area (Å²) >= 11 is 0. The van der Waals surface area contributed by atoms with Gasteiger partial charge in [-0.15, -0.1) is 0 Å². The lowest BCUT2D eigenvalue weighted by Gasteiger charge is -2.21. The number of nitrogens with zero attached hydrogens (tertiary/aromatic N) is 2. The van der Waals surface area contributed by atoms with Gasteiger partial charge in [0.25, 0.3) is 0 Å². The molecule has 2 aromatic rings. The van der Waals surface area contributed by atoms with Crippen LogP contribution in [0.15, 0.2) is 30.6 Å². The summed E-state index contributed by atoms with van der Waals surface area (Å²) < 4.78 is 2.11. The number of imidazole rings is 1. The maximum absolute atomic E-state index is 4.65. The summed E-state index contributed by atoms with van der Waals surface area (Å²) in [7, 11) is 0. The van der Waals surface area contributed by atoms with E-state index in [1.165, 1.54) is 18.5 Å². The fourth-order valence-electron chi connectivity index (χ4n) is 2.47. The van der Waals surface area contributed by atoms with E-state index in [0.29, 0.717) is 0 Å². The average molecular weight is 215 g/mol. The third kappa shape index (κ3) is 1.95. The quantitative estimate of drug-likeness (QED) is 0.828. The Hall–Kier alpha value is -1.35. The van der Waals surface area contributed by atoms with Gasteiger partial charge in [0.15, 0.2) is 0 Å². The molecule has 0 bridgehead atoms. The predicted molar refractivity (Wildman–Crippen MR) is 64.5 cm³/mol. The summed E-state index contributed by atoms with van der Waals surface area (Å²) in [5.74, 6) is 0.811. The highest BCUT2D eigenvalue weighted by Crippen LogP contribution is 2.17. The minimum atomic E-state index is 0.811. The first kappa shape index (κ1) is 9.85. The van der Waals surface area contributed by atoms with Crippen LogP contribution in [-0.2, 0) is 6.42 Å². The standard InChI is InChI=1S/C13H17N3/c1-2-8-16-10-12(15-13(16)3-1)9-11-4-6-14-7-5-11/h1-3,8,10-11,14H,4-7,9H2. The van der Waals surface area contributed by atoms with Gasteiger partial charge in [-0.25, -0.2) is 4.98 Å². The van der Waals surface area contributed by atoms with E-state index in [1.807, 2.05) is 12.1 Å². The fourth-order valence-corrected chi connectivity index (χ4v) is 2.47. The molecule has 0 saturated carbocycles. The first-order valence-electron chi connectivity index (χ1n) is 6.05. The van der Waals surface area contributed by atoms with E-state index in [1.54, 1.807) is 0 Å². The van der Waals surface area contributed by atoms with Crippen molar-refractivity contribution < 1.29 is 0 Å². The van der Waals surface area contributed by atoms with Crippen LogP contribution in [-0.4, -0.2) is 22.5 Å². The molecule has 1 fully saturated rings. The summed E-state index contributed by atoms with van der Waals surface area (Å²) in [6.07, 6.45) is 7.93. The summed E-state index contributed by atoms with van der Waals surface area (Å²) in [4.78, 5) is 4.65. The van der Waals surface area contributed by atoms with Gasteiger partial charge in [-0.05, 0) is 50.4 Å². The summed E-state index contributed by atoms with van der Waals surface area (Å²) in [5, 5.41) is 3.40. The van der Waals surface area contributed by atoms with Crippen molar-refractivity contribution in [3.8, 4) is 0 Å². The first-order chi connectivity index (χ1) is 7.92. The zero-order valence-corrected chi connectivity index (χ0v) is 9.39. The molecule has 0 amide bonds. The van der Waals surface area contributed by atoms with E-state index in [0.717, 1.165) is 31.1 Å². The Morgan fingerprint density at radius 2 is 2.19 bits per heavy atom. The topological polar surface area (TPSA) is 29.3 Å². The van der Waals surface area contributed by atoms with Crippen LogP contribution in [0.2, 0.25) is 0 Å². The Bertz CT molecular complexity index is 436. The molecule has 84 valence electrons. The Morgan fingerprint density at radius 1 is 1.31 bits per heavy atom. The van der Waals surface area contributed by atoms with E-state index in [4.69, 9.17) is 0 Å². The number of piperidine rings is 1. The Balaban J connectivity index is 1.78. The van der Waals surface area contributed by atoms with Crippen LogP contribution in [0.1, 0.15) is 18.5 Å². The Morgan fingerprint density at radius 3 is 3.00 bits per heavy atom. The molecule has 0 aliphatic carbocycles. The molecule has 0 spiro atoms. The van der Waals surface area contributed by atoms with Crippen LogP contribution < -0.4 is 5.32 Å². The van der Waals surface area contributed by atoms with Gasteiger partial charge < -0.3 is 9.72 Å². The zero-order valence-electron chi connectivity index (χ0n) is 9.39. The molecule has 1 aliphatic heterocycles. The van der Waals surface area contributed by atoms with Crippen LogP contribution in [0.5, 0.6) is 0 Å². The lowest BCUT2D eigenvalue weighted by atomic mass is 9.93. The molecule has 0 atom stereocenters. The van der Waals surface area contributed by atoms with Crippen molar-refractivity contribution >= 4 is 5.65 Å². The van der Waals surface area contributed by atoms with Crippen LogP contribution >= 0.6 is 0 Å². The molecule has 3 heterocycles. The van der Waals surface area contributed by atoms with E-state index in [9.17, 15) is 0 Å². The highest BCUT2D eigenvalue weighted by atomic mass is 15.0. The van der Waals surface area contributed by atoms with Gasteiger partial charge in [-0.2, -0.15) is 0 Å². The molecule has 0 radical (unpaired) electrons. The van der Waals surface area contributed by atoms with Crippen molar-refractivity contribution in [3.63, 3.8) is 0 Å². The minimum absolute atomic E-state index is 0.811. The first-order valence-corrected chi connectivity index (χ1v) is 6.05. The summed E-state index contributed by atoms with van der Waals surface area (Å²) in [5.41, 5.74) is 2.30. The van der Waals surface area contributed by atoms with E-state index in [2.05, 4.69) is 33.2 Å². The second-order valence-electron chi connectivity index (χ2n) is 4.60. The van der Waals surface area contributed by atoms with E-state index in [-0.39, 0.29) is 0 Å². The molecule has 1 N–H and O–H groups in total. The highest BCUT2D eigenvalue weighted by Gasteiger charge is 2.14. The van der Waals surface area contributed by atoms with Crippen molar-refractivity contribution in [2.75, 3.05) is 13.1 Å². The average Bonchev–Trinajstić information content (AvgIpc) is 2.72. The second kappa shape index (κ2) is 4.26. The highest BCUT2D eigenvalue weighted by molar-refractivity contribution is 5.39. The van der Waals surface area contributed by atoms with Crippen molar-refractivity contribution in [1.29, 1.82) is 0 Å². The van der Waals surface area contributed by atoms with Gasteiger partial charge in [-0.1, -0.05) is 6.07 Å². The van der Waals surface area contributed by atoms with E-state index >= 15 is 0 Å². The minimum Gasteiger partial charge on any atom is -0.317 e. The van der Waals surface area contributed by atoms with Gasteiger partial charge in [0, 0.05) is 12.4 Å². The number of hydrogen-bond donors (Lipinski definition) is 1. The Kier molecular flexibility index (Phi) is 2.62. The molecule has 3 rings (SSSR count). The third-order valence-corrected chi connectivity index (χ3v) is 3.37. The van der Waals surface area contributed by atoms with Crippen LogP contribution in [0.3, 0.4) is 0 Å². The van der Waals surface area contributed by atoms with Gasteiger partial charge in [0.1, 0.15) is 5.65 Å². The molecule has 0 aromatic carbocycles. The van der Waals surface area contributed by atoms with Crippen LogP contribution in [0.25, 0.3) is 5.65 Å². The number of hydrogen-bond acceptors (Lipinski definition) is 2. The maximum Gasteiger partial charge on any atom is 0.136 e. The number of pyridine rings is 1. The number of nitrogens with one attached hydrogen (secondary N) is 1. The van der Waals surface area contributed by atoms with Crippen molar-refractivity contribution in [3.05, 3.63) is 36.3 Å². The molecule has 3 nitrogen and oxygen atoms in total. The van der Waals surface area contributed by atoms with Gasteiger partial charge in [-0.3, -0.25) is 0 Å². The molecule has 16 heavy (non-hydrogen) atoms. The molecule has 2 aromatic heterocycles. The molecule has 0 unspecified atom stereocenters. The van der Waals surface area contributed by atoms with Gasteiger partial charge >= 0.3 is 0 Å². The SMILES string of the molecule is c1ccn2cc(CC3CCNCC3)nc2c1. The lowest BCUT2D eigenvalue weighted by molar-refractivity contribution is 0.370. The number of aromatic nitrogens is 2. The van der Waals surface area contributed by atoms with Crippen LogP contribution in [0, 0.1) is 5.92 Å². The summed E-state index contributed by atoms with van der Waals surface area (Å²) in [6, 6.07) is 6.14. The summed E-state index contributed by atoms with van der Waals surface area (Å²) in [6.45, 7) is 2.33. The third-order valence-electron chi connectivity index (χ3n) is 3.37. The fraction of sp³-hybridized carbons (Fsp3) is 0.462. The second-order valence-corrected chi connectivity index (χ2v) is 4.60. The van der Waals surface area contributed by atoms with Crippen molar-refractivity contribution in [2.24, 2.45) is 5.92 Å².